The fourth-order valence-electron chi connectivity index (χ4n) is 3.08. The Bertz CT molecular complexity index is 915. The summed E-state index contributed by atoms with van der Waals surface area (Å²) < 4.78 is 38.3. The van der Waals surface area contributed by atoms with Crippen LogP contribution in [0, 0.1) is 5.92 Å². The number of benzene rings is 2. The second kappa shape index (κ2) is 7.98. The van der Waals surface area contributed by atoms with Crippen LogP contribution in [-0.4, -0.2) is 41.6 Å². The Morgan fingerprint density at radius 1 is 1.11 bits per heavy atom. The second-order valence-electron chi connectivity index (χ2n) is 6.28. The molecule has 27 heavy (non-hydrogen) atoms. The van der Waals surface area contributed by atoms with E-state index in [0.29, 0.717) is 18.7 Å². The molecule has 1 aliphatic rings. The lowest BCUT2D eigenvalue weighted by atomic mass is 10.1. The average Bonchev–Trinajstić information content (AvgIpc) is 3.07. The van der Waals surface area contributed by atoms with Gasteiger partial charge in [-0.15, -0.1) is 0 Å². The zero-order chi connectivity index (χ0) is 19.4. The van der Waals surface area contributed by atoms with Crippen molar-refractivity contribution in [2.45, 2.75) is 11.3 Å². The molecule has 0 aromatic heterocycles. The lowest BCUT2D eigenvalue weighted by molar-refractivity contribution is -0.117. The molecule has 144 valence electrons. The van der Waals surface area contributed by atoms with Crippen LogP contribution in [0.15, 0.2) is 53.4 Å². The zero-order valence-electron chi connectivity index (χ0n) is 15.2. The number of carbonyl (C=O) groups is 1. The van der Waals surface area contributed by atoms with Gasteiger partial charge in [0.2, 0.25) is 15.9 Å². The van der Waals surface area contributed by atoms with E-state index in [4.69, 9.17) is 9.47 Å². The number of rotatable bonds is 7. The molecule has 0 saturated carbocycles. The molecule has 0 bridgehead atoms. The van der Waals surface area contributed by atoms with Crippen molar-refractivity contribution in [3.8, 4) is 11.5 Å². The van der Waals surface area contributed by atoms with Crippen LogP contribution in [0.25, 0.3) is 0 Å². The van der Waals surface area contributed by atoms with Crippen molar-refractivity contribution in [3.05, 3.63) is 48.5 Å². The molecule has 0 aliphatic carbocycles. The van der Waals surface area contributed by atoms with Gasteiger partial charge in [-0.25, -0.2) is 13.1 Å². The highest BCUT2D eigenvalue weighted by atomic mass is 32.2. The van der Waals surface area contributed by atoms with Gasteiger partial charge in [-0.2, -0.15) is 0 Å². The third-order valence-corrected chi connectivity index (χ3v) is 5.94. The van der Waals surface area contributed by atoms with E-state index < -0.39 is 10.0 Å². The number of methoxy groups -OCH3 is 2. The number of amides is 1. The van der Waals surface area contributed by atoms with E-state index in [2.05, 4.69) is 4.72 Å². The van der Waals surface area contributed by atoms with Gasteiger partial charge in [0, 0.05) is 31.3 Å². The molecule has 1 fully saturated rings. The van der Waals surface area contributed by atoms with Gasteiger partial charge in [0.1, 0.15) is 16.4 Å². The third-order valence-electron chi connectivity index (χ3n) is 4.50. The van der Waals surface area contributed by atoms with Crippen molar-refractivity contribution in [1.82, 2.24) is 4.72 Å². The van der Waals surface area contributed by atoms with Crippen LogP contribution in [-0.2, 0) is 14.8 Å². The molecule has 0 spiro atoms. The monoisotopic (exact) mass is 390 g/mol. The number of hydrogen-bond acceptors (Lipinski definition) is 5. The number of ether oxygens (including phenoxy) is 2. The molecular weight excluding hydrogens is 368 g/mol. The van der Waals surface area contributed by atoms with E-state index in [1.165, 1.54) is 20.3 Å². The van der Waals surface area contributed by atoms with Crippen molar-refractivity contribution >= 4 is 21.6 Å². The van der Waals surface area contributed by atoms with E-state index >= 15 is 0 Å². The van der Waals surface area contributed by atoms with Gasteiger partial charge in [0.15, 0.2) is 0 Å². The summed E-state index contributed by atoms with van der Waals surface area (Å²) in [4.78, 5) is 14.0. The van der Waals surface area contributed by atoms with Gasteiger partial charge in [-0.1, -0.05) is 18.2 Å². The van der Waals surface area contributed by atoms with Crippen LogP contribution in [0.3, 0.4) is 0 Å². The number of nitrogens with zero attached hydrogens (tertiary/aromatic N) is 1. The predicted molar refractivity (Wildman–Crippen MR) is 102 cm³/mol. The van der Waals surface area contributed by atoms with E-state index in [-0.39, 0.29) is 29.0 Å². The minimum atomic E-state index is -3.81. The Morgan fingerprint density at radius 2 is 1.85 bits per heavy atom. The van der Waals surface area contributed by atoms with Gasteiger partial charge in [-0.05, 0) is 30.2 Å². The summed E-state index contributed by atoms with van der Waals surface area (Å²) in [5.41, 5.74) is 0.822. The Labute approximate surface area is 158 Å². The average molecular weight is 390 g/mol. The number of nitrogens with one attached hydrogen (secondary N) is 1. The molecule has 3 rings (SSSR count). The van der Waals surface area contributed by atoms with Gasteiger partial charge < -0.3 is 14.4 Å². The van der Waals surface area contributed by atoms with Crippen LogP contribution in [0.2, 0.25) is 0 Å². The van der Waals surface area contributed by atoms with Crippen LogP contribution in [0.5, 0.6) is 11.5 Å². The molecule has 1 saturated heterocycles. The number of para-hydroxylation sites is 1. The van der Waals surface area contributed by atoms with Crippen LogP contribution < -0.4 is 19.1 Å². The molecular formula is C19H22N2O5S. The van der Waals surface area contributed by atoms with E-state index in [0.717, 1.165) is 5.69 Å². The molecule has 1 N–H and O–H groups in total. The molecule has 1 atom stereocenters. The van der Waals surface area contributed by atoms with Gasteiger partial charge in [0.05, 0.1) is 14.2 Å². The smallest absolute Gasteiger partial charge is 0.244 e. The maximum Gasteiger partial charge on any atom is 0.244 e. The maximum atomic E-state index is 12.7. The molecule has 2 aromatic carbocycles. The maximum absolute atomic E-state index is 12.7. The highest BCUT2D eigenvalue weighted by molar-refractivity contribution is 7.89. The molecule has 7 nitrogen and oxygen atoms in total. The number of carbonyl (C=O) groups excluding carboxylic acids is 1. The van der Waals surface area contributed by atoms with Crippen molar-refractivity contribution in [1.29, 1.82) is 0 Å². The first-order valence-corrected chi connectivity index (χ1v) is 10.00. The van der Waals surface area contributed by atoms with Gasteiger partial charge >= 0.3 is 0 Å². The fourth-order valence-corrected chi connectivity index (χ4v) is 4.37. The molecule has 1 heterocycles. The Morgan fingerprint density at radius 3 is 2.52 bits per heavy atom. The van der Waals surface area contributed by atoms with Crippen molar-refractivity contribution in [2.24, 2.45) is 5.92 Å². The lowest BCUT2D eigenvalue weighted by Crippen LogP contribution is -2.31. The minimum Gasteiger partial charge on any atom is -0.497 e. The summed E-state index contributed by atoms with van der Waals surface area (Å²) in [6, 6.07) is 13.9. The van der Waals surface area contributed by atoms with Gasteiger partial charge in [-0.3, -0.25) is 4.79 Å². The van der Waals surface area contributed by atoms with E-state index in [1.54, 1.807) is 17.0 Å². The van der Waals surface area contributed by atoms with Gasteiger partial charge in [0.25, 0.3) is 0 Å². The van der Waals surface area contributed by atoms with Crippen LogP contribution >= 0.6 is 0 Å². The molecule has 1 aliphatic heterocycles. The molecule has 2 aromatic rings. The molecule has 8 heteroatoms. The molecule has 1 unspecified atom stereocenters. The van der Waals surface area contributed by atoms with E-state index in [9.17, 15) is 13.2 Å². The third kappa shape index (κ3) is 4.23. The number of hydrogen-bond donors (Lipinski definition) is 1. The quantitative estimate of drug-likeness (QED) is 0.782. The topological polar surface area (TPSA) is 84.9 Å². The van der Waals surface area contributed by atoms with E-state index in [1.807, 2.05) is 30.3 Å². The van der Waals surface area contributed by atoms with Crippen molar-refractivity contribution in [3.63, 3.8) is 0 Å². The Balaban J connectivity index is 1.71. The summed E-state index contributed by atoms with van der Waals surface area (Å²) in [5.74, 6) is 0.535. The minimum absolute atomic E-state index is 0.00795. The highest BCUT2D eigenvalue weighted by Gasteiger charge is 2.32. The summed E-state index contributed by atoms with van der Waals surface area (Å²) in [6.07, 6.45) is 0.298. The molecule has 0 radical (unpaired) electrons. The predicted octanol–water partition coefficient (Wildman–Crippen LogP) is 2.04. The van der Waals surface area contributed by atoms with Crippen LogP contribution in [0.1, 0.15) is 6.42 Å². The van der Waals surface area contributed by atoms with Crippen LogP contribution in [0.4, 0.5) is 5.69 Å². The first-order valence-electron chi connectivity index (χ1n) is 8.51. The standard InChI is InChI=1S/C19H22N2O5S/c1-25-16-8-9-17(26-2)18(11-16)27(23,24)20-12-14-10-19(22)21(13-14)15-6-4-3-5-7-15/h3-9,11,14,20H,10,12-13H2,1-2H3. The zero-order valence-corrected chi connectivity index (χ0v) is 16.0. The summed E-state index contributed by atoms with van der Waals surface area (Å²) in [6.45, 7) is 0.637. The summed E-state index contributed by atoms with van der Waals surface area (Å²) in [7, 11) is -0.930. The SMILES string of the molecule is COc1ccc(OC)c(S(=O)(=O)NCC2CC(=O)N(c3ccccc3)C2)c1. The molecule has 1 amide bonds. The van der Waals surface area contributed by atoms with Crippen molar-refractivity contribution in [2.75, 3.05) is 32.2 Å². The summed E-state index contributed by atoms with van der Waals surface area (Å²) >= 11 is 0. The van der Waals surface area contributed by atoms with Crippen molar-refractivity contribution < 1.29 is 22.7 Å². The fraction of sp³-hybridized carbons (Fsp3) is 0.316. The second-order valence-corrected chi connectivity index (χ2v) is 8.01. The Kier molecular flexibility index (Phi) is 5.67. The first-order chi connectivity index (χ1) is 12.9. The first kappa shape index (κ1) is 19.2. The lowest BCUT2D eigenvalue weighted by Gasteiger charge is -2.17. The highest BCUT2D eigenvalue weighted by Crippen LogP contribution is 2.29. The Hall–Kier alpha value is -2.58. The number of anilines is 1. The summed E-state index contributed by atoms with van der Waals surface area (Å²) in [5, 5.41) is 0. The number of sulfonamides is 1. The largest absolute Gasteiger partial charge is 0.497 e. The normalized spacial score (nSPS) is 17.2.